The van der Waals surface area contributed by atoms with Gasteiger partial charge in [0.2, 0.25) is 0 Å². The second-order valence-corrected chi connectivity index (χ2v) is 17.7. The molecule has 2 atom stereocenters. The molecule has 0 bridgehead atoms. The highest BCUT2D eigenvalue weighted by molar-refractivity contribution is 6.10. The Bertz CT molecular complexity index is 2990. The highest BCUT2D eigenvalue weighted by atomic mass is 15.2. The summed E-state index contributed by atoms with van der Waals surface area (Å²) in [5, 5.41) is 2.58. The molecule has 0 spiro atoms. The van der Waals surface area contributed by atoms with E-state index in [4.69, 9.17) is 0 Å². The molecule has 7 aromatic carbocycles. The van der Waals surface area contributed by atoms with Crippen LogP contribution in [0.1, 0.15) is 74.3 Å². The van der Waals surface area contributed by atoms with Gasteiger partial charge in [0.25, 0.3) is 0 Å². The van der Waals surface area contributed by atoms with E-state index in [1.165, 1.54) is 88.9 Å². The van der Waals surface area contributed by atoms with E-state index in [2.05, 4.69) is 195 Å². The second-order valence-electron chi connectivity index (χ2n) is 17.7. The van der Waals surface area contributed by atoms with Crippen molar-refractivity contribution in [3.05, 3.63) is 191 Å². The van der Waals surface area contributed by atoms with Gasteiger partial charge in [0, 0.05) is 50.6 Å². The predicted molar refractivity (Wildman–Crippen MR) is 235 cm³/mol. The average Bonchev–Trinajstić information content (AvgIpc) is 3.88. The average molecular weight is 721 g/mol. The van der Waals surface area contributed by atoms with Crippen LogP contribution >= 0.6 is 0 Å². The van der Waals surface area contributed by atoms with Crippen LogP contribution in [-0.2, 0) is 10.8 Å². The molecule has 0 radical (unpaired) electrons. The van der Waals surface area contributed by atoms with E-state index in [0.29, 0.717) is 12.0 Å². The molecule has 0 saturated heterocycles. The third-order valence-electron chi connectivity index (χ3n) is 14.2. The van der Waals surface area contributed by atoms with Crippen LogP contribution in [0.4, 0.5) is 11.4 Å². The fraction of sp³-hybridized carbons (Fsp3) is 0.185. The van der Waals surface area contributed by atoms with Crippen molar-refractivity contribution in [1.82, 2.24) is 4.57 Å². The number of benzene rings is 7. The molecule has 12 rings (SSSR count). The molecule has 0 saturated carbocycles. The van der Waals surface area contributed by atoms with Crippen molar-refractivity contribution in [2.75, 3.05) is 4.90 Å². The van der Waals surface area contributed by atoms with Crippen LogP contribution in [0.15, 0.2) is 163 Å². The minimum Gasteiger partial charge on any atom is -0.337 e. The molecule has 2 heterocycles. The molecule has 2 nitrogen and oxygen atoms in total. The van der Waals surface area contributed by atoms with E-state index in [-0.39, 0.29) is 10.8 Å². The molecule has 1 aromatic heterocycles. The van der Waals surface area contributed by atoms with E-state index in [9.17, 15) is 0 Å². The molecule has 0 N–H and O–H groups in total. The van der Waals surface area contributed by atoms with Gasteiger partial charge in [-0.3, -0.25) is 0 Å². The third kappa shape index (κ3) is 4.22. The predicted octanol–water partition coefficient (Wildman–Crippen LogP) is 13.9. The molecule has 8 aromatic rings. The summed E-state index contributed by atoms with van der Waals surface area (Å²) in [7, 11) is 0. The Kier molecular flexibility index (Phi) is 6.45. The van der Waals surface area contributed by atoms with Crippen LogP contribution in [0.3, 0.4) is 0 Å². The Morgan fingerprint density at radius 1 is 0.482 bits per heavy atom. The number of hydrogen-bond acceptors (Lipinski definition) is 1. The molecular weight excluding hydrogens is 677 g/mol. The lowest BCUT2D eigenvalue weighted by atomic mass is 9.72. The first-order valence-electron chi connectivity index (χ1n) is 20.4. The molecular formula is C54H44N2. The Morgan fingerprint density at radius 2 is 1.14 bits per heavy atom. The summed E-state index contributed by atoms with van der Waals surface area (Å²) in [6.07, 6.45) is 2.16. The highest BCUT2D eigenvalue weighted by Crippen LogP contribution is 2.60. The van der Waals surface area contributed by atoms with E-state index in [1.54, 1.807) is 11.1 Å². The lowest BCUT2D eigenvalue weighted by molar-refractivity contribution is 0.494. The molecule has 0 amide bonds. The Morgan fingerprint density at radius 3 is 1.98 bits per heavy atom. The quantitative estimate of drug-likeness (QED) is 0.176. The van der Waals surface area contributed by atoms with Crippen molar-refractivity contribution >= 4 is 38.8 Å². The largest absolute Gasteiger partial charge is 0.337 e. The number of fused-ring (bicyclic) bond motifs is 11. The Balaban J connectivity index is 0.987. The molecule has 270 valence electrons. The van der Waals surface area contributed by atoms with Gasteiger partial charge in [0.05, 0.1) is 11.0 Å². The van der Waals surface area contributed by atoms with E-state index in [0.717, 1.165) is 12.8 Å². The van der Waals surface area contributed by atoms with Gasteiger partial charge < -0.3 is 9.47 Å². The van der Waals surface area contributed by atoms with Crippen molar-refractivity contribution in [2.45, 2.75) is 63.3 Å². The summed E-state index contributed by atoms with van der Waals surface area (Å²) in [4.78, 5) is 2.67. The lowest BCUT2D eigenvalue weighted by Crippen LogP contribution is -2.35. The van der Waals surface area contributed by atoms with E-state index in [1.807, 2.05) is 0 Å². The molecule has 0 fully saturated rings. The number of aromatic nitrogens is 1. The maximum atomic E-state index is 2.67. The minimum absolute atomic E-state index is 0.0504. The summed E-state index contributed by atoms with van der Waals surface area (Å²) in [5.41, 5.74) is 22.1. The van der Waals surface area contributed by atoms with Crippen molar-refractivity contribution in [2.24, 2.45) is 0 Å². The zero-order valence-electron chi connectivity index (χ0n) is 32.5. The number of nitrogens with zero attached hydrogens (tertiary/aromatic N) is 2. The monoisotopic (exact) mass is 720 g/mol. The zero-order valence-corrected chi connectivity index (χ0v) is 32.5. The SMILES string of the molecule is CC1(C)C2=C(CC3c4cc(-c5ccc6c(c5)c5ccccc5n6-c5ccc6c(c5)C(C)(C)c5ccccc5-6)ccc4N(c4ccccc4)C3C2)c2ccccc21. The minimum atomic E-state index is -0.0513. The summed E-state index contributed by atoms with van der Waals surface area (Å²) < 4.78 is 2.48. The van der Waals surface area contributed by atoms with Gasteiger partial charge in [0.1, 0.15) is 0 Å². The van der Waals surface area contributed by atoms with E-state index < -0.39 is 0 Å². The first kappa shape index (κ1) is 32.2. The standard InChI is InChI=1S/C54H44N2/c1-53(2)45-19-11-8-16-37(45)39-25-24-36(30-47(39)53)56-49-21-13-10-18-40(49)42-28-33(22-26-50(42)56)34-23-27-51-43(29-34)44-31-41-38-17-9-12-20-46(38)54(3,4)48(41)32-52(44)55(51)35-14-6-5-7-15-35/h5-30,44,52H,31-32H2,1-4H3. The van der Waals surface area contributed by atoms with E-state index >= 15 is 0 Å². The van der Waals surface area contributed by atoms with Gasteiger partial charge in [-0.15, -0.1) is 0 Å². The smallest absolute Gasteiger partial charge is 0.0541 e. The van der Waals surface area contributed by atoms with Crippen LogP contribution in [0, 0.1) is 0 Å². The highest BCUT2D eigenvalue weighted by Gasteiger charge is 2.49. The maximum Gasteiger partial charge on any atom is 0.0541 e. The van der Waals surface area contributed by atoms with Gasteiger partial charge >= 0.3 is 0 Å². The molecule has 1 aliphatic heterocycles. The number of para-hydroxylation sites is 2. The molecule has 2 heteroatoms. The van der Waals surface area contributed by atoms with Crippen LogP contribution < -0.4 is 4.90 Å². The summed E-state index contributed by atoms with van der Waals surface area (Å²) >= 11 is 0. The molecule has 3 aliphatic carbocycles. The van der Waals surface area contributed by atoms with Gasteiger partial charge in [-0.2, -0.15) is 0 Å². The van der Waals surface area contributed by atoms with Gasteiger partial charge in [-0.05, 0) is 123 Å². The normalized spacial score (nSPS) is 19.5. The Hall–Kier alpha value is -6.12. The molecule has 2 unspecified atom stereocenters. The third-order valence-corrected chi connectivity index (χ3v) is 14.2. The van der Waals surface area contributed by atoms with Crippen molar-refractivity contribution < 1.29 is 0 Å². The molecule has 56 heavy (non-hydrogen) atoms. The maximum absolute atomic E-state index is 2.67. The van der Waals surface area contributed by atoms with Crippen molar-refractivity contribution in [3.8, 4) is 27.9 Å². The van der Waals surface area contributed by atoms with Crippen molar-refractivity contribution in [3.63, 3.8) is 0 Å². The Labute approximate surface area is 329 Å². The zero-order chi connectivity index (χ0) is 37.5. The van der Waals surface area contributed by atoms with Crippen LogP contribution in [0.5, 0.6) is 0 Å². The van der Waals surface area contributed by atoms with Gasteiger partial charge in [0.15, 0.2) is 0 Å². The van der Waals surface area contributed by atoms with Crippen LogP contribution in [-0.4, -0.2) is 10.6 Å². The van der Waals surface area contributed by atoms with Gasteiger partial charge in [-0.1, -0.05) is 136 Å². The first-order chi connectivity index (χ1) is 27.3. The number of anilines is 2. The summed E-state index contributed by atoms with van der Waals surface area (Å²) in [6.45, 7) is 9.62. The summed E-state index contributed by atoms with van der Waals surface area (Å²) in [6, 6.07) is 60.1. The van der Waals surface area contributed by atoms with Crippen LogP contribution in [0.2, 0.25) is 0 Å². The lowest BCUT2D eigenvalue weighted by Gasteiger charge is -2.37. The topological polar surface area (TPSA) is 8.17 Å². The van der Waals surface area contributed by atoms with Crippen LogP contribution in [0.25, 0.3) is 55.3 Å². The molecule has 4 aliphatic rings. The fourth-order valence-corrected chi connectivity index (χ4v) is 11.5. The number of rotatable bonds is 3. The second kappa shape index (κ2) is 11.2. The number of allylic oxidation sites excluding steroid dienone is 1. The van der Waals surface area contributed by atoms with Gasteiger partial charge in [-0.25, -0.2) is 0 Å². The van der Waals surface area contributed by atoms with Crippen molar-refractivity contribution in [1.29, 1.82) is 0 Å². The first-order valence-corrected chi connectivity index (χ1v) is 20.4. The summed E-state index contributed by atoms with van der Waals surface area (Å²) in [5.74, 6) is 0.423. The number of hydrogen-bond donors (Lipinski definition) is 0. The fourth-order valence-electron chi connectivity index (χ4n) is 11.5.